The highest BCUT2D eigenvalue weighted by atomic mass is 16.5. The molecule has 1 amide bonds. The summed E-state index contributed by atoms with van der Waals surface area (Å²) in [6.45, 7) is 0.110. The van der Waals surface area contributed by atoms with E-state index >= 15 is 0 Å². The van der Waals surface area contributed by atoms with Crippen molar-refractivity contribution in [1.29, 1.82) is 0 Å². The Balaban J connectivity index is 1.20. The van der Waals surface area contributed by atoms with Gasteiger partial charge in [0.2, 0.25) is 5.88 Å². The van der Waals surface area contributed by atoms with Gasteiger partial charge < -0.3 is 19.9 Å². The van der Waals surface area contributed by atoms with Gasteiger partial charge >= 0.3 is 12.1 Å². The van der Waals surface area contributed by atoms with Crippen LogP contribution in [0, 0.1) is 0 Å². The fraction of sp³-hybridized carbons (Fsp3) is 0.138. The van der Waals surface area contributed by atoms with Crippen molar-refractivity contribution >= 4 is 12.1 Å². The SMILES string of the molecule is O=C(NC(Cc1ccc(Oc2ccccc2)nc1)C(=O)O)OCC1c2ccccc2-c2ccccc21. The fourth-order valence-corrected chi connectivity index (χ4v) is 4.42. The van der Waals surface area contributed by atoms with Crippen molar-refractivity contribution in [2.75, 3.05) is 6.61 Å². The quantitative estimate of drug-likeness (QED) is 0.350. The van der Waals surface area contributed by atoms with Gasteiger partial charge in [0.15, 0.2) is 0 Å². The van der Waals surface area contributed by atoms with E-state index in [4.69, 9.17) is 9.47 Å². The average Bonchev–Trinajstić information content (AvgIpc) is 3.22. The molecule has 36 heavy (non-hydrogen) atoms. The number of rotatable bonds is 8. The summed E-state index contributed by atoms with van der Waals surface area (Å²) in [7, 11) is 0. The molecule has 0 aliphatic heterocycles. The van der Waals surface area contributed by atoms with Gasteiger partial charge in [0.05, 0.1) is 0 Å². The summed E-state index contributed by atoms with van der Waals surface area (Å²) in [5.74, 6) is -0.222. The molecule has 7 nitrogen and oxygen atoms in total. The Bertz CT molecular complexity index is 1330. The first-order chi connectivity index (χ1) is 17.6. The zero-order chi connectivity index (χ0) is 24.9. The number of carboxylic acid groups (broad SMARTS) is 1. The smallest absolute Gasteiger partial charge is 0.407 e. The Labute approximate surface area is 208 Å². The Kier molecular flexibility index (Phi) is 6.62. The lowest BCUT2D eigenvalue weighted by atomic mass is 9.98. The van der Waals surface area contributed by atoms with Gasteiger partial charge in [-0.1, -0.05) is 72.8 Å². The summed E-state index contributed by atoms with van der Waals surface area (Å²) in [6.07, 6.45) is 0.812. The van der Waals surface area contributed by atoms with Crippen molar-refractivity contribution in [3.63, 3.8) is 0 Å². The second-order valence-corrected chi connectivity index (χ2v) is 8.48. The summed E-state index contributed by atoms with van der Waals surface area (Å²) >= 11 is 0. The number of hydrogen-bond acceptors (Lipinski definition) is 5. The molecule has 1 atom stereocenters. The first-order valence-corrected chi connectivity index (χ1v) is 11.6. The summed E-state index contributed by atoms with van der Waals surface area (Å²) in [4.78, 5) is 28.6. The summed E-state index contributed by atoms with van der Waals surface area (Å²) in [5, 5.41) is 12.1. The van der Waals surface area contributed by atoms with Crippen LogP contribution in [-0.4, -0.2) is 34.8 Å². The van der Waals surface area contributed by atoms with Gasteiger partial charge in [-0.05, 0) is 39.9 Å². The number of carbonyl (C=O) groups is 2. The molecule has 180 valence electrons. The highest BCUT2D eigenvalue weighted by molar-refractivity contribution is 5.81. The number of nitrogens with one attached hydrogen (secondary N) is 1. The number of hydrogen-bond donors (Lipinski definition) is 2. The first-order valence-electron chi connectivity index (χ1n) is 11.6. The highest BCUT2D eigenvalue weighted by Gasteiger charge is 2.29. The second kappa shape index (κ2) is 10.3. The largest absolute Gasteiger partial charge is 0.480 e. The number of carboxylic acids is 1. The standard InChI is InChI=1S/C29H24N2O5/c32-28(33)26(16-19-14-15-27(30-17-19)36-20-8-2-1-3-9-20)31-29(34)35-18-25-23-12-6-4-10-21(23)22-11-5-7-13-24(22)25/h1-15,17,25-26H,16,18H2,(H,31,34)(H,32,33). The minimum atomic E-state index is -1.16. The number of alkyl carbamates (subject to hydrolysis) is 1. The number of pyridine rings is 1. The van der Waals surface area contributed by atoms with Crippen LogP contribution in [0.1, 0.15) is 22.6 Å². The maximum atomic E-state index is 12.6. The van der Waals surface area contributed by atoms with Crippen LogP contribution in [-0.2, 0) is 16.0 Å². The van der Waals surface area contributed by atoms with Crippen LogP contribution in [0.4, 0.5) is 4.79 Å². The van der Waals surface area contributed by atoms with Crippen LogP contribution >= 0.6 is 0 Å². The Morgan fingerprint density at radius 2 is 1.50 bits per heavy atom. The molecule has 1 heterocycles. The molecule has 7 heteroatoms. The molecule has 0 saturated heterocycles. The Morgan fingerprint density at radius 3 is 2.11 bits per heavy atom. The molecule has 0 saturated carbocycles. The molecule has 0 bridgehead atoms. The van der Waals surface area contributed by atoms with E-state index in [-0.39, 0.29) is 18.9 Å². The normalized spacial score (nSPS) is 12.8. The number of benzene rings is 3. The van der Waals surface area contributed by atoms with Crippen molar-refractivity contribution in [3.8, 4) is 22.8 Å². The van der Waals surface area contributed by atoms with Crippen LogP contribution in [0.25, 0.3) is 11.1 Å². The van der Waals surface area contributed by atoms with Crippen LogP contribution in [0.15, 0.2) is 97.2 Å². The Morgan fingerprint density at radius 1 is 0.861 bits per heavy atom. The third kappa shape index (κ3) is 5.05. The van der Waals surface area contributed by atoms with Crippen LogP contribution in [0.3, 0.4) is 0 Å². The van der Waals surface area contributed by atoms with Gasteiger partial charge in [0, 0.05) is 24.6 Å². The molecule has 1 aromatic heterocycles. The third-order valence-corrected chi connectivity index (χ3v) is 6.14. The van der Waals surface area contributed by atoms with Crippen LogP contribution in [0.2, 0.25) is 0 Å². The van der Waals surface area contributed by atoms with E-state index in [1.807, 2.05) is 66.7 Å². The zero-order valence-electron chi connectivity index (χ0n) is 19.3. The lowest BCUT2D eigenvalue weighted by molar-refractivity contribution is -0.139. The maximum Gasteiger partial charge on any atom is 0.407 e. The van der Waals surface area contributed by atoms with Crippen molar-refractivity contribution < 1.29 is 24.2 Å². The number of amides is 1. The van der Waals surface area contributed by atoms with E-state index in [9.17, 15) is 14.7 Å². The second-order valence-electron chi connectivity index (χ2n) is 8.48. The predicted molar refractivity (Wildman–Crippen MR) is 134 cm³/mol. The van der Waals surface area contributed by atoms with Crippen LogP contribution in [0.5, 0.6) is 11.6 Å². The molecule has 0 radical (unpaired) electrons. The molecular weight excluding hydrogens is 456 g/mol. The van der Waals surface area contributed by atoms with Crippen molar-refractivity contribution in [2.24, 2.45) is 0 Å². The monoisotopic (exact) mass is 480 g/mol. The molecule has 3 aromatic carbocycles. The minimum Gasteiger partial charge on any atom is -0.480 e. The van der Waals surface area contributed by atoms with Gasteiger partial charge in [-0.25, -0.2) is 14.6 Å². The predicted octanol–water partition coefficient (Wildman–Crippen LogP) is 5.41. The van der Waals surface area contributed by atoms with E-state index in [0.29, 0.717) is 17.2 Å². The van der Waals surface area contributed by atoms with Gasteiger partial charge in [0.1, 0.15) is 18.4 Å². The van der Waals surface area contributed by atoms with E-state index in [0.717, 1.165) is 22.3 Å². The van der Waals surface area contributed by atoms with E-state index in [1.165, 1.54) is 6.20 Å². The molecule has 1 aliphatic carbocycles. The molecule has 1 aliphatic rings. The maximum absolute atomic E-state index is 12.6. The fourth-order valence-electron chi connectivity index (χ4n) is 4.42. The van der Waals surface area contributed by atoms with Gasteiger partial charge in [0.25, 0.3) is 0 Å². The van der Waals surface area contributed by atoms with Crippen LogP contribution < -0.4 is 10.1 Å². The van der Waals surface area contributed by atoms with E-state index in [2.05, 4.69) is 22.4 Å². The highest BCUT2D eigenvalue weighted by Crippen LogP contribution is 2.44. The molecule has 1 unspecified atom stereocenters. The lowest BCUT2D eigenvalue weighted by Crippen LogP contribution is -2.42. The molecule has 0 spiro atoms. The molecule has 5 rings (SSSR count). The lowest BCUT2D eigenvalue weighted by Gasteiger charge is -2.17. The van der Waals surface area contributed by atoms with Gasteiger partial charge in [-0.15, -0.1) is 0 Å². The molecule has 0 fully saturated rings. The number of aliphatic carboxylic acids is 1. The van der Waals surface area contributed by atoms with Crippen molar-refractivity contribution in [2.45, 2.75) is 18.4 Å². The number of fused-ring (bicyclic) bond motifs is 3. The number of aromatic nitrogens is 1. The van der Waals surface area contributed by atoms with E-state index < -0.39 is 18.1 Å². The number of carbonyl (C=O) groups excluding carboxylic acids is 1. The third-order valence-electron chi connectivity index (χ3n) is 6.14. The number of ether oxygens (including phenoxy) is 2. The topological polar surface area (TPSA) is 97.8 Å². The molecular formula is C29H24N2O5. The zero-order valence-corrected chi connectivity index (χ0v) is 19.3. The van der Waals surface area contributed by atoms with E-state index in [1.54, 1.807) is 12.1 Å². The first kappa shape index (κ1) is 23.1. The summed E-state index contributed by atoms with van der Waals surface area (Å²) < 4.78 is 11.2. The van der Waals surface area contributed by atoms with Gasteiger partial charge in [-0.2, -0.15) is 0 Å². The van der Waals surface area contributed by atoms with Crippen molar-refractivity contribution in [3.05, 3.63) is 114 Å². The minimum absolute atomic E-state index is 0.0537. The average molecular weight is 481 g/mol. The number of nitrogens with zero attached hydrogens (tertiary/aromatic N) is 1. The number of para-hydroxylation sites is 1. The molecule has 2 N–H and O–H groups in total. The van der Waals surface area contributed by atoms with Crippen molar-refractivity contribution in [1.82, 2.24) is 10.3 Å². The summed E-state index contributed by atoms with van der Waals surface area (Å²) in [5.41, 5.74) is 5.06. The van der Waals surface area contributed by atoms with Gasteiger partial charge in [-0.3, -0.25) is 0 Å². The molecule has 4 aromatic rings. The summed E-state index contributed by atoms with van der Waals surface area (Å²) in [6, 6.07) is 27.5. The Hall–Kier alpha value is -4.65.